The van der Waals surface area contributed by atoms with Gasteiger partial charge in [0.15, 0.2) is 17.1 Å². The fraction of sp³-hybridized carbons (Fsp3) is 0.133. The summed E-state index contributed by atoms with van der Waals surface area (Å²) in [4.78, 5) is 12.4. The van der Waals surface area contributed by atoms with E-state index in [1.54, 1.807) is 36.4 Å². The second kappa shape index (κ2) is 4.13. The van der Waals surface area contributed by atoms with Crippen LogP contribution in [-0.4, -0.2) is 17.8 Å². The molecule has 106 valence electrons. The second-order valence-electron chi connectivity index (χ2n) is 4.89. The first-order valence-electron chi connectivity index (χ1n) is 6.33. The van der Waals surface area contributed by atoms with E-state index >= 15 is 0 Å². The summed E-state index contributed by atoms with van der Waals surface area (Å²) in [5, 5.41) is 14.2. The molecule has 21 heavy (non-hydrogen) atoms. The van der Waals surface area contributed by atoms with Gasteiger partial charge in [0.05, 0.1) is 0 Å². The molecule has 4 rings (SSSR count). The summed E-state index contributed by atoms with van der Waals surface area (Å²) in [7, 11) is 0. The van der Waals surface area contributed by atoms with Crippen molar-refractivity contribution in [3.63, 3.8) is 0 Å². The molecule has 1 amide bonds. The van der Waals surface area contributed by atoms with Crippen LogP contribution in [0.15, 0.2) is 36.4 Å². The number of carbonyl (C=O) groups is 1. The minimum atomic E-state index is -1.82. The van der Waals surface area contributed by atoms with Gasteiger partial charge in [0, 0.05) is 21.8 Å². The minimum absolute atomic E-state index is 0.0670. The number of aliphatic hydroxyl groups is 1. The number of anilines is 1. The number of nitrogens with one attached hydrogen (secondary N) is 1. The Labute approximate surface area is 125 Å². The van der Waals surface area contributed by atoms with Crippen molar-refractivity contribution >= 4 is 23.2 Å². The SMILES string of the molecule is O=C1Nc2cc(Cl)ccc2C1(O)c1cccc2c1OCO2. The van der Waals surface area contributed by atoms with Gasteiger partial charge < -0.3 is 19.9 Å². The molecule has 5 nitrogen and oxygen atoms in total. The summed E-state index contributed by atoms with van der Waals surface area (Å²) in [5.74, 6) is 0.359. The Kier molecular flexibility index (Phi) is 2.46. The molecule has 0 saturated carbocycles. The maximum absolute atomic E-state index is 12.4. The fourth-order valence-corrected chi connectivity index (χ4v) is 2.93. The number of rotatable bonds is 1. The van der Waals surface area contributed by atoms with Crippen LogP contribution >= 0.6 is 11.6 Å². The average Bonchev–Trinajstić information content (AvgIpc) is 3.02. The van der Waals surface area contributed by atoms with E-state index in [-0.39, 0.29) is 6.79 Å². The van der Waals surface area contributed by atoms with Crippen LogP contribution in [0, 0.1) is 0 Å². The lowest BCUT2D eigenvalue weighted by molar-refractivity contribution is -0.129. The Hall–Kier alpha value is -2.24. The van der Waals surface area contributed by atoms with E-state index in [2.05, 4.69) is 5.32 Å². The molecule has 2 aliphatic heterocycles. The molecule has 0 spiro atoms. The number of ether oxygens (including phenoxy) is 2. The Balaban J connectivity index is 1.97. The molecule has 2 aromatic carbocycles. The van der Waals surface area contributed by atoms with E-state index in [4.69, 9.17) is 21.1 Å². The number of carbonyl (C=O) groups excluding carboxylic acids is 1. The number of hydrogen-bond donors (Lipinski definition) is 2. The van der Waals surface area contributed by atoms with Crippen molar-refractivity contribution in [1.82, 2.24) is 0 Å². The zero-order valence-electron chi connectivity index (χ0n) is 10.7. The van der Waals surface area contributed by atoms with E-state index in [1.807, 2.05) is 0 Å². The molecule has 0 aliphatic carbocycles. The molecule has 2 aliphatic rings. The van der Waals surface area contributed by atoms with Gasteiger partial charge in [-0.2, -0.15) is 0 Å². The maximum atomic E-state index is 12.4. The highest BCUT2D eigenvalue weighted by Crippen LogP contribution is 2.48. The number of fused-ring (bicyclic) bond motifs is 2. The van der Waals surface area contributed by atoms with Crippen LogP contribution < -0.4 is 14.8 Å². The summed E-state index contributed by atoms with van der Waals surface area (Å²) in [6, 6.07) is 9.95. The van der Waals surface area contributed by atoms with Crippen LogP contribution in [0.3, 0.4) is 0 Å². The maximum Gasteiger partial charge on any atom is 0.266 e. The quantitative estimate of drug-likeness (QED) is 0.848. The lowest BCUT2D eigenvalue weighted by atomic mass is 9.87. The predicted molar refractivity (Wildman–Crippen MR) is 75.6 cm³/mol. The molecule has 2 heterocycles. The zero-order valence-corrected chi connectivity index (χ0v) is 11.5. The third-order valence-corrected chi connectivity index (χ3v) is 3.97. The van der Waals surface area contributed by atoms with Gasteiger partial charge in [-0.25, -0.2) is 0 Å². The molecule has 0 bridgehead atoms. The Morgan fingerprint density at radius 3 is 2.90 bits per heavy atom. The molecule has 0 radical (unpaired) electrons. The van der Waals surface area contributed by atoms with Gasteiger partial charge in [-0.1, -0.05) is 29.8 Å². The number of hydrogen-bond acceptors (Lipinski definition) is 4. The third-order valence-electron chi connectivity index (χ3n) is 3.73. The van der Waals surface area contributed by atoms with Crippen LogP contribution in [0.2, 0.25) is 5.02 Å². The molecule has 2 N–H and O–H groups in total. The van der Waals surface area contributed by atoms with E-state index < -0.39 is 11.5 Å². The van der Waals surface area contributed by atoms with Gasteiger partial charge in [-0.15, -0.1) is 0 Å². The first-order chi connectivity index (χ1) is 10.1. The molecule has 0 saturated heterocycles. The number of para-hydroxylation sites is 1. The molecule has 6 heteroatoms. The molecule has 0 aromatic heterocycles. The van der Waals surface area contributed by atoms with E-state index in [1.165, 1.54) is 0 Å². The van der Waals surface area contributed by atoms with Crippen molar-refractivity contribution in [3.8, 4) is 11.5 Å². The molecule has 1 atom stereocenters. The van der Waals surface area contributed by atoms with Crippen molar-refractivity contribution < 1.29 is 19.4 Å². The van der Waals surface area contributed by atoms with E-state index in [0.717, 1.165) is 0 Å². The molecule has 1 unspecified atom stereocenters. The molecular formula is C15H10ClNO4. The average molecular weight is 304 g/mol. The van der Waals surface area contributed by atoms with E-state index in [0.29, 0.717) is 33.3 Å². The highest BCUT2D eigenvalue weighted by atomic mass is 35.5. The van der Waals surface area contributed by atoms with Gasteiger partial charge in [-0.3, -0.25) is 4.79 Å². The molecular weight excluding hydrogens is 294 g/mol. The van der Waals surface area contributed by atoms with Crippen LogP contribution in [0.25, 0.3) is 0 Å². The second-order valence-corrected chi connectivity index (χ2v) is 5.33. The predicted octanol–water partition coefficient (Wildman–Crippen LogP) is 2.26. The Morgan fingerprint density at radius 2 is 2.05 bits per heavy atom. The van der Waals surface area contributed by atoms with E-state index in [9.17, 15) is 9.90 Å². The highest BCUT2D eigenvalue weighted by Gasteiger charge is 2.49. The summed E-state index contributed by atoms with van der Waals surface area (Å²) in [6.45, 7) is 0.0670. The van der Waals surface area contributed by atoms with Gasteiger partial charge in [0.2, 0.25) is 6.79 Å². The standard InChI is InChI=1S/C15H10ClNO4/c16-8-4-5-9-11(6-8)17-14(18)15(9,19)10-2-1-3-12-13(10)21-7-20-12/h1-6,19H,7H2,(H,17,18). The fourth-order valence-electron chi connectivity index (χ4n) is 2.75. The van der Waals surface area contributed by atoms with Crippen molar-refractivity contribution in [2.75, 3.05) is 12.1 Å². The van der Waals surface area contributed by atoms with Crippen LogP contribution in [-0.2, 0) is 10.4 Å². The Morgan fingerprint density at radius 1 is 1.19 bits per heavy atom. The monoisotopic (exact) mass is 303 g/mol. The summed E-state index contributed by atoms with van der Waals surface area (Å²) in [6.07, 6.45) is 0. The van der Waals surface area contributed by atoms with Gasteiger partial charge >= 0.3 is 0 Å². The van der Waals surface area contributed by atoms with Gasteiger partial charge in [0.1, 0.15) is 0 Å². The van der Waals surface area contributed by atoms with Crippen molar-refractivity contribution in [3.05, 3.63) is 52.5 Å². The van der Waals surface area contributed by atoms with Crippen LogP contribution in [0.4, 0.5) is 5.69 Å². The summed E-state index contributed by atoms with van der Waals surface area (Å²) < 4.78 is 10.7. The molecule has 2 aromatic rings. The first kappa shape index (κ1) is 12.5. The topological polar surface area (TPSA) is 67.8 Å². The van der Waals surface area contributed by atoms with Gasteiger partial charge in [-0.05, 0) is 18.2 Å². The normalized spacial score (nSPS) is 22.1. The minimum Gasteiger partial charge on any atom is -0.454 e. The zero-order chi connectivity index (χ0) is 14.6. The summed E-state index contributed by atoms with van der Waals surface area (Å²) >= 11 is 5.93. The van der Waals surface area contributed by atoms with Crippen molar-refractivity contribution in [1.29, 1.82) is 0 Å². The first-order valence-corrected chi connectivity index (χ1v) is 6.71. The summed E-state index contributed by atoms with van der Waals surface area (Å²) in [5.41, 5.74) is -0.526. The van der Waals surface area contributed by atoms with Crippen LogP contribution in [0.5, 0.6) is 11.5 Å². The van der Waals surface area contributed by atoms with Crippen molar-refractivity contribution in [2.24, 2.45) is 0 Å². The lowest BCUT2D eigenvalue weighted by Gasteiger charge is -2.22. The number of benzene rings is 2. The van der Waals surface area contributed by atoms with Crippen LogP contribution in [0.1, 0.15) is 11.1 Å². The molecule has 0 fully saturated rings. The van der Waals surface area contributed by atoms with Gasteiger partial charge in [0.25, 0.3) is 5.91 Å². The smallest absolute Gasteiger partial charge is 0.266 e. The lowest BCUT2D eigenvalue weighted by Crippen LogP contribution is -2.35. The highest BCUT2D eigenvalue weighted by molar-refractivity contribution is 6.31. The largest absolute Gasteiger partial charge is 0.454 e. The van der Waals surface area contributed by atoms with Crippen molar-refractivity contribution in [2.45, 2.75) is 5.60 Å². The third kappa shape index (κ3) is 1.58. The number of halogens is 1. The Bertz CT molecular complexity index is 776. The number of amides is 1.